The lowest BCUT2D eigenvalue weighted by molar-refractivity contribution is -0.138. The highest BCUT2D eigenvalue weighted by Gasteiger charge is 2.28. The number of ether oxygens (including phenoxy) is 8. The van der Waals surface area contributed by atoms with Gasteiger partial charge >= 0.3 is 0 Å². The molecule has 0 bridgehead atoms. The smallest absolute Gasteiger partial charge is 0.204 e. The largest absolute Gasteiger partial charge is 0.508 e. The number of rotatable bonds is 37. The first-order valence-electron chi connectivity index (χ1n) is 49.4. The second-order valence-corrected chi connectivity index (χ2v) is 38.3. The molecule has 3 saturated carbocycles. The van der Waals surface area contributed by atoms with Crippen LogP contribution in [0.3, 0.4) is 0 Å². The van der Waals surface area contributed by atoms with E-state index in [1.54, 1.807) is 36.4 Å². The Morgan fingerprint density at radius 3 is 0.794 bits per heavy atom. The van der Waals surface area contributed by atoms with Gasteiger partial charge in [-0.25, -0.2) is 0 Å². The van der Waals surface area contributed by atoms with Crippen LogP contribution in [-0.2, 0) is 25.4 Å². The molecule has 0 heterocycles. The number of phenols is 3. The van der Waals surface area contributed by atoms with Gasteiger partial charge in [0.05, 0.1) is 24.4 Å². The van der Waals surface area contributed by atoms with Crippen LogP contribution < -0.4 is 18.9 Å². The Bertz CT molecular complexity index is 3830. The summed E-state index contributed by atoms with van der Waals surface area (Å²) >= 11 is 0. The van der Waals surface area contributed by atoms with Gasteiger partial charge in [0.25, 0.3) is 0 Å². The van der Waals surface area contributed by atoms with Crippen LogP contribution in [0.5, 0.6) is 40.2 Å². The van der Waals surface area contributed by atoms with Crippen molar-refractivity contribution in [1.29, 1.82) is 0 Å². The molecule has 126 heavy (non-hydrogen) atoms. The Kier molecular flexibility index (Phi) is 52.5. The van der Waals surface area contributed by atoms with Crippen LogP contribution in [0.15, 0.2) is 200 Å². The predicted octanol–water partition coefficient (Wildman–Crippen LogP) is 33.6. The molecular weight excluding hydrogens is 1560 g/mol. The van der Waals surface area contributed by atoms with Crippen molar-refractivity contribution < 1.29 is 53.2 Å². The fourth-order valence-corrected chi connectivity index (χ4v) is 15.7. The molecule has 0 spiro atoms. The normalized spacial score (nSPS) is 16.4. The van der Waals surface area contributed by atoms with E-state index in [1.807, 2.05) is 94.4 Å². The number of hydrogen-bond acceptors (Lipinski definition) is 11. The van der Waals surface area contributed by atoms with Gasteiger partial charge in [0.2, 0.25) is 12.6 Å². The summed E-state index contributed by atoms with van der Waals surface area (Å²) in [4.78, 5) is 0. The molecule has 0 saturated heterocycles. The minimum absolute atomic E-state index is 0.0735. The maximum absolute atomic E-state index is 9.01. The first kappa shape index (κ1) is 109. The van der Waals surface area contributed by atoms with Crippen molar-refractivity contribution in [2.24, 2.45) is 17.3 Å². The lowest BCUT2D eigenvalue weighted by Gasteiger charge is -2.31. The van der Waals surface area contributed by atoms with E-state index in [9.17, 15) is 0 Å². The SMILES string of the molecule is CCC(C)c1ccc(O)cc1.CCC(C)c1ccc(O)cc1.CCC(C)c1ccc(O)cc1.CCC(C)c1ccc(OC(CC(C)(C)C)OC(C)C)cc1.CCC(C)c1ccc(OC(CC2CCCCC2)OC(C)C)cc1.CCC(C)c1ccc(OC(CC2CCCCC2)OC2CCCCC2)cc1.CCC(C)c1ccc(OC(Cc2ccccc2)OC(C)C)cc1. The monoisotopic (exact) mass is 1730 g/mol. The number of aromatic hydroxyl groups is 3. The molecule has 3 N–H and O–H groups in total. The lowest BCUT2D eigenvalue weighted by atomic mass is 9.87. The average molecular weight is 1730 g/mol. The Morgan fingerprint density at radius 2 is 0.516 bits per heavy atom. The van der Waals surface area contributed by atoms with Crippen LogP contribution in [0.25, 0.3) is 0 Å². The molecular formula is C115H174O11. The third kappa shape index (κ3) is 45.0. The maximum Gasteiger partial charge on any atom is 0.204 e. The van der Waals surface area contributed by atoms with Crippen molar-refractivity contribution in [3.8, 4) is 40.2 Å². The maximum atomic E-state index is 9.01. The minimum Gasteiger partial charge on any atom is -0.508 e. The second kappa shape index (κ2) is 60.9. The number of benzene rings is 8. The van der Waals surface area contributed by atoms with Gasteiger partial charge in [0.15, 0.2) is 12.6 Å². The van der Waals surface area contributed by atoms with Crippen molar-refractivity contribution in [3.63, 3.8) is 0 Å². The van der Waals surface area contributed by atoms with Crippen LogP contribution in [0.4, 0.5) is 0 Å². The van der Waals surface area contributed by atoms with Gasteiger partial charge in [-0.1, -0.05) is 316 Å². The van der Waals surface area contributed by atoms with Crippen LogP contribution in [-0.4, -0.2) is 64.9 Å². The van der Waals surface area contributed by atoms with E-state index in [-0.39, 0.29) is 48.9 Å². The molecule has 3 aliphatic rings. The summed E-state index contributed by atoms with van der Waals surface area (Å²) in [6.45, 7) is 50.0. The van der Waals surface area contributed by atoms with Gasteiger partial charge < -0.3 is 53.2 Å². The summed E-state index contributed by atoms with van der Waals surface area (Å²) in [6, 6.07) is 66.7. The van der Waals surface area contributed by atoms with E-state index < -0.39 is 0 Å². The summed E-state index contributed by atoms with van der Waals surface area (Å²) in [7, 11) is 0. The fourth-order valence-electron chi connectivity index (χ4n) is 15.7. The molecule has 3 aliphatic carbocycles. The standard InChI is InChI=1S/C24H38O2.C21H34O2.C21H28O2.C19H32O2.3C10H14O/c1-3-19(2)21-14-16-23(17-15-21)26-24(18-20-10-6-4-7-11-20)25-22-12-8-5-9-13-22;2*1-5-17(4)19-11-13-20(14-12-19)23-21(22-16(2)3)15-18-9-7-6-8-10-18;1-8-15(4)16-9-11-17(12-10-16)21-18(20-14(2)3)13-19(5,6)7;3*1-3-8(2)9-4-6-10(11)7-5-9/h14-17,19-20,22,24H,3-13,18H2,1-2H3;11-14,16-18,21H,5-10,15H2,1-4H3;6-14,16-17,21H,5,15H2,1-4H3;9-12,14-15,18H,8,13H2,1-7H3;3*4-8,11H,3H2,1-2H3. The summed E-state index contributed by atoms with van der Waals surface area (Å²) < 4.78 is 49.0. The Hall–Kier alpha value is -7.80. The summed E-state index contributed by atoms with van der Waals surface area (Å²) in [5.74, 6) is 10.4. The molecule has 11 unspecified atom stereocenters. The number of hydrogen-bond donors (Lipinski definition) is 3. The Morgan fingerprint density at radius 1 is 0.278 bits per heavy atom. The zero-order valence-corrected chi connectivity index (χ0v) is 82.9. The van der Waals surface area contributed by atoms with Gasteiger partial charge in [-0.2, -0.15) is 0 Å². The lowest BCUT2D eigenvalue weighted by Crippen LogP contribution is -2.31. The molecule has 11 atom stereocenters. The van der Waals surface area contributed by atoms with Gasteiger partial charge in [0, 0.05) is 25.7 Å². The minimum atomic E-state index is -0.271. The van der Waals surface area contributed by atoms with Crippen molar-refractivity contribution in [3.05, 3.63) is 245 Å². The van der Waals surface area contributed by atoms with Crippen LogP contribution in [0.2, 0.25) is 0 Å². The summed E-state index contributed by atoms with van der Waals surface area (Å²) in [5, 5.41) is 27.0. The summed E-state index contributed by atoms with van der Waals surface area (Å²) in [6.07, 6.45) is 32.0. The molecule has 3 fully saturated rings. The van der Waals surface area contributed by atoms with Gasteiger partial charge in [-0.15, -0.1) is 0 Å². The van der Waals surface area contributed by atoms with Crippen LogP contribution >= 0.6 is 0 Å². The molecule has 0 radical (unpaired) electrons. The first-order chi connectivity index (χ1) is 60.3. The quantitative estimate of drug-likeness (QED) is 0.0321. The molecule has 0 amide bonds. The Labute approximate surface area is 768 Å². The molecule has 8 aromatic carbocycles. The van der Waals surface area contributed by atoms with Crippen LogP contribution in [0.1, 0.15) is 406 Å². The van der Waals surface area contributed by atoms with E-state index in [0.717, 1.165) is 92.6 Å². The number of phenolic OH excluding ortho intramolecular Hbond substituents is 3. The molecule has 700 valence electrons. The molecule has 8 aromatic rings. The molecule has 11 rings (SSSR count). The van der Waals surface area contributed by atoms with E-state index in [4.69, 9.17) is 53.2 Å². The van der Waals surface area contributed by atoms with E-state index in [2.05, 4.69) is 229 Å². The molecule has 11 nitrogen and oxygen atoms in total. The molecule has 0 aliphatic heterocycles. The highest BCUT2D eigenvalue weighted by molar-refractivity contribution is 5.34. The molecule has 11 heteroatoms. The third-order valence-electron chi connectivity index (χ3n) is 25.2. The summed E-state index contributed by atoms with van der Waals surface area (Å²) in [5.41, 5.74) is 10.8. The van der Waals surface area contributed by atoms with Crippen molar-refractivity contribution in [1.82, 2.24) is 0 Å². The van der Waals surface area contributed by atoms with E-state index >= 15 is 0 Å². The van der Waals surface area contributed by atoms with Gasteiger partial charge in [-0.05, 0) is 287 Å². The fraction of sp³-hybridized carbons (Fsp3) is 0.583. The van der Waals surface area contributed by atoms with Crippen LogP contribution in [0, 0.1) is 17.3 Å². The van der Waals surface area contributed by atoms with Gasteiger partial charge in [0.1, 0.15) is 40.2 Å². The topological polar surface area (TPSA) is 135 Å². The highest BCUT2D eigenvalue weighted by atomic mass is 16.7. The predicted molar refractivity (Wildman–Crippen MR) is 532 cm³/mol. The first-order valence-corrected chi connectivity index (χ1v) is 49.4. The Balaban J connectivity index is 0.000000267. The zero-order valence-electron chi connectivity index (χ0n) is 82.9. The van der Waals surface area contributed by atoms with Crippen molar-refractivity contribution >= 4 is 0 Å². The average Bonchev–Trinajstić information content (AvgIpc) is 0.865. The van der Waals surface area contributed by atoms with Crippen molar-refractivity contribution in [2.75, 3.05) is 0 Å². The second-order valence-electron chi connectivity index (χ2n) is 38.3. The third-order valence-corrected chi connectivity index (χ3v) is 25.2. The highest BCUT2D eigenvalue weighted by Crippen LogP contribution is 2.36. The van der Waals surface area contributed by atoms with Crippen molar-refractivity contribution in [2.45, 2.75) is 417 Å². The van der Waals surface area contributed by atoms with E-state index in [0.29, 0.717) is 64.8 Å². The zero-order chi connectivity index (χ0) is 92.4. The van der Waals surface area contributed by atoms with Gasteiger partial charge in [-0.3, -0.25) is 0 Å². The molecule has 0 aromatic heterocycles. The van der Waals surface area contributed by atoms with E-state index in [1.165, 1.54) is 154 Å².